The molecule has 0 aliphatic rings. The van der Waals surface area contributed by atoms with Crippen LogP contribution in [0.25, 0.3) is 0 Å². The first kappa shape index (κ1) is 14.9. The van der Waals surface area contributed by atoms with E-state index in [1.807, 2.05) is 0 Å². The molecule has 0 fully saturated rings. The molecule has 1 heterocycles. The summed E-state index contributed by atoms with van der Waals surface area (Å²) in [6.07, 6.45) is -3.51. The molecular weight excluding hydrogens is 362 g/mol. The fraction of sp³-hybridized carbons (Fsp3) is 0.0909. The summed E-state index contributed by atoms with van der Waals surface area (Å²) in [5.74, 6) is -0.00654. The molecule has 20 heavy (non-hydrogen) atoms. The minimum Gasteiger partial charge on any atom is -0.406 e. The summed E-state index contributed by atoms with van der Waals surface area (Å²) >= 11 is 8.96. The number of anilines is 2. The van der Waals surface area contributed by atoms with Gasteiger partial charge < -0.3 is 10.1 Å². The van der Waals surface area contributed by atoms with Gasteiger partial charge in [-0.1, -0.05) is 17.7 Å². The van der Waals surface area contributed by atoms with Crippen LogP contribution in [0.15, 0.2) is 35.1 Å². The lowest BCUT2D eigenvalue weighted by atomic mass is 10.3. The van der Waals surface area contributed by atoms with E-state index in [-0.39, 0.29) is 10.9 Å². The Bertz CT molecular complexity index is 624. The lowest BCUT2D eigenvalue weighted by molar-refractivity contribution is -0.274. The van der Waals surface area contributed by atoms with Crippen LogP contribution in [0.1, 0.15) is 0 Å². The number of benzene rings is 1. The average molecular weight is 369 g/mol. The predicted molar refractivity (Wildman–Crippen MR) is 71.1 cm³/mol. The van der Waals surface area contributed by atoms with E-state index >= 15 is 0 Å². The molecule has 1 aromatic heterocycles. The second kappa shape index (κ2) is 5.84. The highest BCUT2D eigenvalue weighted by Gasteiger charge is 2.31. The molecule has 2 rings (SSSR count). The SMILES string of the molecule is FC(F)(F)Oc1cccc(Nc2ncnc(Cl)c2Br)c1. The molecule has 0 bridgehead atoms. The van der Waals surface area contributed by atoms with Gasteiger partial charge in [0, 0.05) is 11.8 Å². The molecule has 0 radical (unpaired) electrons. The van der Waals surface area contributed by atoms with Crippen molar-refractivity contribution >= 4 is 39.0 Å². The standard InChI is InChI=1S/C11H6BrClF3N3O/c12-8-9(13)17-5-18-10(8)19-6-2-1-3-7(4-6)20-11(14,15)16/h1-5H,(H,17,18,19). The lowest BCUT2D eigenvalue weighted by Gasteiger charge is -2.11. The van der Waals surface area contributed by atoms with E-state index in [2.05, 4.69) is 36.0 Å². The number of halogens is 5. The van der Waals surface area contributed by atoms with Crippen molar-refractivity contribution in [1.29, 1.82) is 0 Å². The van der Waals surface area contributed by atoms with Crippen molar-refractivity contribution < 1.29 is 17.9 Å². The molecule has 0 saturated heterocycles. The zero-order chi connectivity index (χ0) is 14.8. The molecule has 9 heteroatoms. The van der Waals surface area contributed by atoms with Gasteiger partial charge in [0.05, 0.1) is 4.47 Å². The molecule has 0 unspecified atom stereocenters. The van der Waals surface area contributed by atoms with Crippen molar-refractivity contribution in [3.05, 3.63) is 40.2 Å². The maximum absolute atomic E-state index is 12.1. The van der Waals surface area contributed by atoms with Crippen LogP contribution in [-0.4, -0.2) is 16.3 Å². The maximum atomic E-state index is 12.1. The third-order valence-corrected chi connectivity index (χ3v) is 3.34. The molecule has 0 spiro atoms. The van der Waals surface area contributed by atoms with E-state index in [1.165, 1.54) is 24.5 Å². The minimum absolute atomic E-state index is 0.185. The molecule has 4 nitrogen and oxygen atoms in total. The van der Waals surface area contributed by atoms with Crippen molar-refractivity contribution in [2.45, 2.75) is 6.36 Å². The van der Waals surface area contributed by atoms with Crippen LogP contribution in [0, 0.1) is 0 Å². The van der Waals surface area contributed by atoms with E-state index in [1.54, 1.807) is 6.07 Å². The molecule has 1 N–H and O–H groups in total. The van der Waals surface area contributed by atoms with Crippen LogP contribution in [-0.2, 0) is 0 Å². The fourth-order valence-corrected chi connectivity index (χ4v) is 1.78. The van der Waals surface area contributed by atoms with Gasteiger partial charge in [-0.2, -0.15) is 0 Å². The zero-order valence-electron chi connectivity index (χ0n) is 9.58. The van der Waals surface area contributed by atoms with Crippen LogP contribution in [0.4, 0.5) is 24.7 Å². The van der Waals surface area contributed by atoms with Gasteiger partial charge in [0.25, 0.3) is 0 Å². The van der Waals surface area contributed by atoms with E-state index in [4.69, 9.17) is 11.6 Å². The molecule has 2 aromatic rings. The smallest absolute Gasteiger partial charge is 0.406 e. The van der Waals surface area contributed by atoms with Gasteiger partial charge in [-0.3, -0.25) is 0 Å². The Balaban J connectivity index is 2.22. The largest absolute Gasteiger partial charge is 0.573 e. The normalized spacial score (nSPS) is 11.2. The molecule has 0 aliphatic heterocycles. The summed E-state index contributed by atoms with van der Waals surface area (Å²) in [4.78, 5) is 7.66. The highest BCUT2D eigenvalue weighted by atomic mass is 79.9. The van der Waals surface area contributed by atoms with Crippen LogP contribution >= 0.6 is 27.5 Å². The van der Waals surface area contributed by atoms with Crippen molar-refractivity contribution in [2.75, 3.05) is 5.32 Å². The molecule has 0 saturated carbocycles. The highest BCUT2D eigenvalue weighted by Crippen LogP contribution is 2.30. The van der Waals surface area contributed by atoms with Crippen molar-refractivity contribution in [3.63, 3.8) is 0 Å². The molecule has 0 aliphatic carbocycles. The number of hydrogen-bond donors (Lipinski definition) is 1. The summed E-state index contributed by atoms with van der Waals surface area (Å²) in [5, 5.41) is 2.99. The highest BCUT2D eigenvalue weighted by molar-refractivity contribution is 9.10. The monoisotopic (exact) mass is 367 g/mol. The average Bonchev–Trinajstić information content (AvgIpc) is 2.33. The number of hydrogen-bond acceptors (Lipinski definition) is 4. The zero-order valence-corrected chi connectivity index (χ0v) is 11.9. The van der Waals surface area contributed by atoms with Crippen molar-refractivity contribution in [1.82, 2.24) is 9.97 Å². The number of ether oxygens (including phenoxy) is 1. The first-order valence-corrected chi connectivity index (χ1v) is 6.31. The summed E-state index contributed by atoms with van der Waals surface area (Å²) in [6.45, 7) is 0. The number of rotatable bonds is 3. The third-order valence-electron chi connectivity index (χ3n) is 2.08. The second-order valence-electron chi connectivity index (χ2n) is 3.53. The Labute approximate surface area is 125 Å². The molecule has 0 amide bonds. The Morgan fingerprint density at radius 3 is 2.70 bits per heavy atom. The summed E-state index contributed by atoms with van der Waals surface area (Å²) in [7, 11) is 0. The Morgan fingerprint density at radius 2 is 2.00 bits per heavy atom. The van der Waals surface area contributed by atoms with E-state index < -0.39 is 6.36 Å². The quantitative estimate of drug-likeness (QED) is 0.808. The molecule has 1 aromatic carbocycles. The van der Waals surface area contributed by atoms with Crippen LogP contribution in [0.3, 0.4) is 0 Å². The van der Waals surface area contributed by atoms with Crippen LogP contribution < -0.4 is 10.1 Å². The number of nitrogens with zero attached hydrogens (tertiary/aromatic N) is 2. The van der Waals surface area contributed by atoms with Gasteiger partial charge in [-0.25, -0.2) is 9.97 Å². The van der Waals surface area contributed by atoms with E-state index in [0.29, 0.717) is 16.0 Å². The third kappa shape index (κ3) is 3.97. The minimum atomic E-state index is -4.74. The Kier molecular flexibility index (Phi) is 4.34. The predicted octanol–water partition coefficient (Wildman–Crippen LogP) is 4.53. The topological polar surface area (TPSA) is 47.0 Å². The van der Waals surface area contributed by atoms with Crippen molar-refractivity contribution in [2.24, 2.45) is 0 Å². The summed E-state index contributed by atoms with van der Waals surface area (Å²) < 4.78 is 40.6. The molecule has 0 atom stereocenters. The fourth-order valence-electron chi connectivity index (χ4n) is 1.34. The van der Waals surface area contributed by atoms with Gasteiger partial charge in [-0.05, 0) is 28.1 Å². The Morgan fingerprint density at radius 1 is 1.25 bits per heavy atom. The van der Waals surface area contributed by atoms with Gasteiger partial charge in [-0.15, -0.1) is 13.2 Å². The number of aromatic nitrogens is 2. The first-order valence-electron chi connectivity index (χ1n) is 5.14. The van der Waals surface area contributed by atoms with Gasteiger partial charge in [0.15, 0.2) is 0 Å². The number of nitrogens with one attached hydrogen (secondary N) is 1. The van der Waals surface area contributed by atoms with Gasteiger partial charge >= 0.3 is 6.36 Å². The summed E-state index contributed by atoms with van der Waals surface area (Å²) in [6, 6.07) is 5.36. The van der Waals surface area contributed by atoms with E-state index in [0.717, 1.165) is 0 Å². The Hall–Kier alpha value is -1.54. The van der Waals surface area contributed by atoms with Gasteiger partial charge in [0.2, 0.25) is 0 Å². The molecule has 106 valence electrons. The number of alkyl halides is 3. The van der Waals surface area contributed by atoms with Crippen LogP contribution in [0.5, 0.6) is 5.75 Å². The molecular formula is C11H6BrClF3N3O. The summed E-state index contributed by atoms with van der Waals surface area (Å²) in [5.41, 5.74) is 0.363. The second-order valence-corrected chi connectivity index (χ2v) is 4.68. The van der Waals surface area contributed by atoms with Crippen LogP contribution in [0.2, 0.25) is 5.15 Å². The maximum Gasteiger partial charge on any atom is 0.573 e. The van der Waals surface area contributed by atoms with E-state index in [9.17, 15) is 13.2 Å². The first-order chi connectivity index (χ1) is 9.35. The van der Waals surface area contributed by atoms with Gasteiger partial charge in [0.1, 0.15) is 23.0 Å². The lowest BCUT2D eigenvalue weighted by Crippen LogP contribution is -2.17. The van der Waals surface area contributed by atoms with Crippen molar-refractivity contribution in [3.8, 4) is 5.75 Å².